The Morgan fingerprint density at radius 1 is 1.24 bits per heavy atom. The average molecular weight is 287 g/mol. The summed E-state index contributed by atoms with van der Waals surface area (Å²) in [4.78, 5) is 22.3. The summed E-state index contributed by atoms with van der Waals surface area (Å²) >= 11 is 0. The zero-order chi connectivity index (χ0) is 15.4. The molecule has 21 heavy (non-hydrogen) atoms. The van der Waals surface area contributed by atoms with Gasteiger partial charge in [0.2, 0.25) is 0 Å². The van der Waals surface area contributed by atoms with E-state index in [0.717, 1.165) is 6.07 Å². The third kappa shape index (κ3) is 3.27. The Labute approximate surface area is 120 Å². The number of carbonyl (C=O) groups is 1. The van der Waals surface area contributed by atoms with Gasteiger partial charge in [0.25, 0.3) is 11.6 Å². The molecule has 0 heterocycles. The van der Waals surface area contributed by atoms with E-state index in [4.69, 9.17) is 10.5 Å². The number of amides is 1. The predicted molar refractivity (Wildman–Crippen MR) is 78.5 cm³/mol. The Morgan fingerprint density at radius 2 is 1.90 bits per heavy atom. The molecule has 0 saturated heterocycles. The van der Waals surface area contributed by atoms with Crippen LogP contribution in [0.2, 0.25) is 0 Å². The second-order valence-corrected chi connectivity index (χ2v) is 4.21. The van der Waals surface area contributed by atoms with E-state index in [0.29, 0.717) is 11.4 Å². The van der Waals surface area contributed by atoms with Crippen molar-refractivity contribution in [2.75, 3.05) is 18.2 Å². The standard InChI is InChI=1S/C14H13N3O4/c1-21-11-5-2-9(3-6-11)16-14(18)12-8-10(17(19)20)4-7-13(12)15/h2-8H,15H2,1H3,(H,16,18). The van der Waals surface area contributed by atoms with Crippen LogP contribution in [-0.4, -0.2) is 17.9 Å². The van der Waals surface area contributed by atoms with E-state index >= 15 is 0 Å². The minimum Gasteiger partial charge on any atom is -0.497 e. The smallest absolute Gasteiger partial charge is 0.270 e. The molecule has 2 aromatic rings. The molecule has 0 saturated carbocycles. The van der Waals surface area contributed by atoms with Gasteiger partial charge in [-0.3, -0.25) is 14.9 Å². The van der Waals surface area contributed by atoms with Gasteiger partial charge in [-0.05, 0) is 30.3 Å². The molecule has 7 nitrogen and oxygen atoms in total. The zero-order valence-corrected chi connectivity index (χ0v) is 11.2. The number of carbonyl (C=O) groups excluding carboxylic acids is 1. The summed E-state index contributed by atoms with van der Waals surface area (Å²) in [7, 11) is 1.54. The molecule has 2 rings (SSSR count). The molecule has 0 fully saturated rings. The van der Waals surface area contributed by atoms with Crippen molar-refractivity contribution >= 4 is 23.0 Å². The van der Waals surface area contributed by atoms with E-state index in [1.807, 2.05) is 0 Å². The average Bonchev–Trinajstić information content (AvgIpc) is 2.48. The van der Waals surface area contributed by atoms with Gasteiger partial charge in [-0.15, -0.1) is 0 Å². The summed E-state index contributed by atoms with van der Waals surface area (Å²) in [6.45, 7) is 0. The molecule has 0 radical (unpaired) electrons. The normalized spacial score (nSPS) is 9.95. The lowest BCUT2D eigenvalue weighted by Gasteiger charge is -2.08. The summed E-state index contributed by atoms with van der Waals surface area (Å²) < 4.78 is 5.01. The highest BCUT2D eigenvalue weighted by Crippen LogP contribution is 2.21. The second kappa shape index (κ2) is 5.91. The number of rotatable bonds is 4. The summed E-state index contributed by atoms with van der Waals surface area (Å²) in [6, 6.07) is 10.4. The highest BCUT2D eigenvalue weighted by atomic mass is 16.6. The number of non-ortho nitro benzene ring substituents is 1. The number of methoxy groups -OCH3 is 1. The summed E-state index contributed by atoms with van der Waals surface area (Å²) in [5.41, 5.74) is 6.26. The molecular formula is C14H13N3O4. The molecule has 1 amide bonds. The van der Waals surface area contributed by atoms with Crippen molar-refractivity contribution in [1.82, 2.24) is 0 Å². The molecule has 0 atom stereocenters. The number of hydrogen-bond donors (Lipinski definition) is 2. The largest absolute Gasteiger partial charge is 0.497 e. The number of hydrogen-bond acceptors (Lipinski definition) is 5. The topological polar surface area (TPSA) is 107 Å². The molecule has 0 aromatic heterocycles. The van der Waals surface area contributed by atoms with Crippen LogP contribution in [0.15, 0.2) is 42.5 Å². The molecule has 108 valence electrons. The number of nitrogens with zero attached hydrogens (tertiary/aromatic N) is 1. The van der Waals surface area contributed by atoms with Gasteiger partial charge in [0.1, 0.15) is 5.75 Å². The van der Waals surface area contributed by atoms with Gasteiger partial charge in [-0.25, -0.2) is 0 Å². The van der Waals surface area contributed by atoms with Gasteiger partial charge in [-0.2, -0.15) is 0 Å². The molecule has 2 aromatic carbocycles. The van der Waals surface area contributed by atoms with Crippen LogP contribution in [-0.2, 0) is 0 Å². The van der Waals surface area contributed by atoms with Crippen LogP contribution in [0.25, 0.3) is 0 Å². The minimum atomic E-state index is -0.580. The molecular weight excluding hydrogens is 274 g/mol. The Bertz CT molecular complexity index is 683. The third-order valence-corrected chi connectivity index (χ3v) is 2.84. The number of benzene rings is 2. The third-order valence-electron chi connectivity index (χ3n) is 2.84. The number of anilines is 2. The predicted octanol–water partition coefficient (Wildman–Crippen LogP) is 2.44. The maximum atomic E-state index is 12.1. The van der Waals surface area contributed by atoms with Crippen molar-refractivity contribution in [3.05, 3.63) is 58.1 Å². The van der Waals surface area contributed by atoms with E-state index in [9.17, 15) is 14.9 Å². The first-order valence-corrected chi connectivity index (χ1v) is 6.00. The molecule has 7 heteroatoms. The first-order chi connectivity index (χ1) is 10.0. The number of nitrogens with one attached hydrogen (secondary N) is 1. The SMILES string of the molecule is COc1ccc(NC(=O)c2cc([N+](=O)[O-])ccc2N)cc1. The highest BCUT2D eigenvalue weighted by molar-refractivity contribution is 6.08. The first-order valence-electron chi connectivity index (χ1n) is 6.00. The van der Waals surface area contributed by atoms with Crippen LogP contribution < -0.4 is 15.8 Å². The van der Waals surface area contributed by atoms with Crippen molar-refractivity contribution in [3.63, 3.8) is 0 Å². The van der Waals surface area contributed by atoms with Crippen LogP contribution >= 0.6 is 0 Å². The van der Waals surface area contributed by atoms with Crippen molar-refractivity contribution < 1.29 is 14.5 Å². The van der Waals surface area contributed by atoms with Gasteiger partial charge in [0.05, 0.1) is 17.6 Å². The molecule has 3 N–H and O–H groups in total. The fraction of sp³-hybridized carbons (Fsp3) is 0.0714. The van der Waals surface area contributed by atoms with Crippen molar-refractivity contribution in [2.45, 2.75) is 0 Å². The van der Waals surface area contributed by atoms with Crippen LogP contribution in [0.1, 0.15) is 10.4 Å². The van der Waals surface area contributed by atoms with Gasteiger partial charge in [-0.1, -0.05) is 0 Å². The molecule has 0 spiro atoms. The molecule has 0 aliphatic carbocycles. The van der Waals surface area contributed by atoms with Crippen molar-refractivity contribution in [1.29, 1.82) is 0 Å². The lowest BCUT2D eigenvalue weighted by atomic mass is 10.1. The number of nitrogens with two attached hydrogens (primary N) is 1. The molecule has 0 unspecified atom stereocenters. The Balaban J connectivity index is 2.23. The minimum absolute atomic E-state index is 0.0556. The molecule has 0 bridgehead atoms. The van der Waals surface area contributed by atoms with Gasteiger partial charge in [0, 0.05) is 23.5 Å². The number of nitrogen functional groups attached to an aromatic ring is 1. The lowest BCUT2D eigenvalue weighted by Crippen LogP contribution is -2.14. The highest BCUT2D eigenvalue weighted by Gasteiger charge is 2.15. The zero-order valence-electron chi connectivity index (χ0n) is 11.2. The summed E-state index contributed by atoms with van der Waals surface area (Å²) in [5.74, 6) is 0.143. The van der Waals surface area contributed by atoms with Gasteiger partial charge >= 0.3 is 0 Å². The molecule has 0 aliphatic rings. The number of ether oxygens (including phenoxy) is 1. The van der Waals surface area contributed by atoms with E-state index in [-0.39, 0.29) is 16.9 Å². The Morgan fingerprint density at radius 3 is 2.48 bits per heavy atom. The fourth-order valence-electron chi connectivity index (χ4n) is 1.73. The second-order valence-electron chi connectivity index (χ2n) is 4.21. The van der Waals surface area contributed by atoms with E-state index in [1.165, 1.54) is 19.2 Å². The van der Waals surface area contributed by atoms with Crippen molar-refractivity contribution in [3.8, 4) is 5.75 Å². The number of nitro benzene ring substituents is 1. The summed E-state index contributed by atoms with van der Waals surface area (Å²) in [6.07, 6.45) is 0. The van der Waals surface area contributed by atoms with Crippen LogP contribution in [0.4, 0.5) is 17.1 Å². The van der Waals surface area contributed by atoms with Crippen LogP contribution in [0.3, 0.4) is 0 Å². The Kier molecular flexibility index (Phi) is 4.03. The summed E-state index contributed by atoms with van der Waals surface area (Å²) in [5, 5.41) is 13.4. The van der Waals surface area contributed by atoms with E-state index in [1.54, 1.807) is 24.3 Å². The Hall–Kier alpha value is -3.09. The molecule has 0 aliphatic heterocycles. The van der Waals surface area contributed by atoms with Crippen LogP contribution in [0.5, 0.6) is 5.75 Å². The monoisotopic (exact) mass is 287 g/mol. The first kappa shape index (κ1) is 14.3. The van der Waals surface area contributed by atoms with Crippen LogP contribution in [0, 0.1) is 10.1 Å². The lowest BCUT2D eigenvalue weighted by molar-refractivity contribution is -0.384. The number of nitro groups is 1. The fourth-order valence-corrected chi connectivity index (χ4v) is 1.73. The van der Waals surface area contributed by atoms with Gasteiger partial charge < -0.3 is 15.8 Å². The van der Waals surface area contributed by atoms with E-state index < -0.39 is 10.8 Å². The van der Waals surface area contributed by atoms with Crippen molar-refractivity contribution in [2.24, 2.45) is 0 Å². The quantitative estimate of drug-likeness (QED) is 0.510. The maximum absolute atomic E-state index is 12.1. The van der Waals surface area contributed by atoms with Gasteiger partial charge in [0.15, 0.2) is 0 Å². The van der Waals surface area contributed by atoms with E-state index in [2.05, 4.69) is 5.32 Å². The maximum Gasteiger partial charge on any atom is 0.270 e.